The number of carbonyl (C=O) groups excluding carboxylic acids is 2. The average molecular weight is 413 g/mol. The molecular formula is C21H23N3O4S. The standard InChI is InChI=1S/C21H23N3O4S/c1-2-3-4-5-12-27-17-8-6-16(7-9-17)23-21(26)24(29)20(25)19-13-15-14-22-11-10-18(15)28-19/h6-11,13-14,29H,2-5,12H2,1H3,(H,23,26). The van der Waals surface area contributed by atoms with Gasteiger partial charge in [-0.15, -0.1) is 0 Å². The number of imide groups is 1. The van der Waals surface area contributed by atoms with Crippen LogP contribution in [-0.4, -0.2) is 27.8 Å². The van der Waals surface area contributed by atoms with Crippen molar-refractivity contribution in [2.24, 2.45) is 0 Å². The van der Waals surface area contributed by atoms with Gasteiger partial charge in [-0.3, -0.25) is 9.78 Å². The summed E-state index contributed by atoms with van der Waals surface area (Å²) >= 11 is 4.01. The number of aromatic nitrogens is 1. The maximum Gasteiger partial charge on any atom is 0.339 e. The van der Waals surface area contributed by atoms with E-state index < -0.39 is 11.9 Å². The largest absolute Gasteiger partial charge is 0.494 e. The highest BCUT2D eigenvalue weighted by Crippen LogP contribution is 2.21. The van der Waals surface area contributed by atoms with Crippen LogP contribution in [0.4, 0.5) is 10.5 Å². The number of nitrogens with one attached hydrogen (secondary N) is 1. The van der Waals surface area contributed by atoms with E-state index in [1.165, 1.54) is 18.9 Å². The first-order chi connectivity index (χ1) is 14.1. The molecule has 0 fully saturated rings. The average Bonchev–Trinajstić information content (AvgIpc) is 3.18. The van der Waals surface area contributed by atoms with Crippen molar-refractivity contribution < 1.29 is 18.7 Å². The number of hydrogen-bond acceptors (Lipinski definition) is 6. The minimum absolute atomic E-state index is 0.00460. The molecule has 152 valence electrons. The van der Waals surface area contributed by atoms with E-state index in [2.05, 4.69) is 30.0 Å². The Labute approximate surface area is 174 Å². The van der Waals surface area contributed by atoms with Gasteiger partial charge in [0.05, 0.1) is 6.61 Å². The fraction of sp³-hybridized carbons (Fsp3) is 0.286. The summed E-state index contributed by atoms with van der Waals surface area (Å²) in [5.74, 6) is 0.0632. The van der Waals surface area contributed by atoms with Crippen LogP contribution in [0.15, 0.2) is 53.2 Å². The van der Waals surface area contributed by atoms with Crippen LogP contribution in [0.5, 0.6) is 5.75 Å². The number of pyridine rings is 1. The highest BCUT2D eigenvalue weighted by atomic mass is 32.1. The predicted molar refractivity (Wildman–Crippen MR) is 114 cm³/mol. The molecule has 1 aromatic carbocycles. The number of rotatable bonds is 8. The summed E-state index contributed by atoms with van der Waals surface area (Å²) in [6.45, 7) is 2.83. The number of unbranched alkanes of at least 4 members (excludes halogenated alkanes) is 3. The summed E-state index contributed by atoms with van der Waals surface area (Å²) in [6, 6.07) is 9.43. The van der Waals surface area contributed by atoms with Crippen molar-refractivity contribution in [1.29, 1.82) is 0 Å². The Morgan fingerprint density at radius 3 is 2.69 bits per heavy atom. The Balaban J connectivity index is 1.54. The normalized spacial score (nSPS) is 10.7. The van der Waals surface area contributed by atoms with Crippen LogP contribution in [0, 0.1) is 0 Å². The number of hydrogen-bond donors (Lipinski definition) is 2. The molecule has 0 bridgehead atoms. The molecule has 0 radical (unpaired) electrons. The third-order valence-electron chi connectivity index (χ3n) is 4.28. The van der Waals surface area contributed by atoms with Crippen molar-refractivity contribution in [3.63, 3.8) is 0 Å². The molecule has 0 aliphatic heterocycles. The van der Waals surface area contributed by atoms with Crippen molar-refractivity contribution in [3.05, 3.63) is 54.6 Å². The molecule has 3 amide bonds. The molecule has 0 atom stereocenters. The van der Waals surface area contributed by atoms with Crippen molar-refractivity contribution in [2.75, 3.05) is 11.9 Å². The monoisotopic (exact) mass is 413 g/mol. The number of thiol groups is 1. The molecule has 0 aliphatic carbocycles. The number of amides is 3. The van der Waals surface area contributed by atoms with Crippen molar-refractivity contribution in [1.82, 2.24) is 9.29 Å². The molecule has 3 aromatic rings. The molecule has 29 heavy (non-hydrogen) atoms. The van der Waals surface area contributed by atoms with E-state index in [1.54, 1.807) is 42.7 Å². The lowest BCUT2D eigenvalue weighted by Gasteiger charge is -2.14. The summed E-state index contributed by atoms with van der Waals surface area (Å²) in [7, 11) is 0. The lowest BCUT2D eigenvalue weighted by atomic mass is 10.2. The molecular weight excluding hydrogens is 390 g/mol. The molecule has 1 N–H and O–H groups in total. The topological polar surface area (TPSA) is 84.7 Å². The first-order valence-electron chi connectivity index (χ1n) is 9.49. The second-order valence-corrected chi connectivity index (χ2v) is 6.90. The fourth-order valence-electron chi connectivity index (χ4n) is 2.72. The van der Waals surface area contributed by atoms with Crippen molar-refractivity contribution in [2.45, 2.75) is 32.6 Å². The second-order valence-electron chi connectivity index (χ2n) is 6.50. The van der Waals surface area contributed by atoms with E-state index in [-0.39, 0.29) is 5.76 Å². The maximum atomic E-state index is 12.4. The van der Waals surface area contributed by atoms with Gasteiger partial charge in [-0.1, -0.05) is 39.0 Å². The molecule has 0 aliphatic rings. The summed E-state index contributed by atoms with van der Waals surface area (Å²) in [6.07, 6.45) is 7.69. The van der Waals surface area contributed by atoms with Gasteiger partial charge in [-0.2, -0.15) is 0 Å². The van der Waals surface area contributed by atoms with Gasteiger partial charge in [-0.05, 0) is 42.8 Å². The molecule has 0 unspecified atom stereocenters. The number of ether oxygens (including phenoxy) is 1. The van der Waals surface area contributed by atoms with E-state index in [1.807, 2.05) is 0 Å². The van der Waals surface area contributed by atoms with Gasteiger partial charge in [0.2, 0.25) is 0 Å². The van der Waals surface area contributed by atoms with Crippen LogP contribution in [-0.2, 0) is 0 Å². The molecule has 0 saturated heterocycles. The van der Waals surface area contributed by atoms with Crippen LogP contribution < -0.4 is 10.1 Å². The number of furan rings is 1. The van der Waals surface area contributed by atoms with E-state index in [0.29, 0.717) is 27.6 Å². The molecule has 2 aromatic heterocycles. The molecule has 3 rings (SSSR count). The SMILES string of the molecule is CCCCCCOc1ccc(NC(=O)N(S)C(=O)c2cc3cnccc3o2)cc1. The quantitative estimate of drug-likeness (QED) is 0.386. The Morgan fingerprint density at radius 2 is 1.97 bits per heavy atom. The van der Waals surface area contributed by atoms with Gasteiger partial charge in [0.15, 0.2) is 5.76 Å². The molecule has 0 saturated carbocycles. The zero-order chi connectivity index (χ0) is 20.6. The van der Waals surface area contributed by atoms with Crippen LogP contribution >= 0.6 is 12.8 Å². The highest BCUT2D eigenvalue weighted by molar-refractivity contribution is 7.79. The van der Waals surface area contributed by atoms with Gasteiger partial charge in [-0.25, -0.2) is 9.10 Å². The van der Waals surface area contributed by atoms with E-state index in [4.69, 9.17) is 9.15 Å². The van der Waals surface area contributed by atoms with Crippen LogP contribution in [0.25, 0.3) is 11.0 Å². The van der Waals surface area contributed by atoms with Crippen molar-refractivity contribution >= 4 is 41.4 Å². The molecule has 2 heterocycles. The lowest BCUT2D eigenvalue weighted by molar-refractivity contribution is 0.0875. The van der Waals surface area contributed by atoms with E-state index >= 15 is 0 Å². The fourth-order valence-corrected chi connectivity index (χ4v) is 2.86. The van der Waals surface area contributed by atoms with Crippen LogP contribution in [0.1, 0.15) is 43.2 Å². The van der Waals surface area contributed by atoms with E-state index in [0.717, 1.165) is 18.6 Å². The minimum atomic E-state index is -0.690. The Kier molecular flexibility index (Phi) is 7.13. The summed E-state index contributed by atoms with van der Waals surface area (Å²) < 4.78 is 11.8. The molecule has 7 nitrogen and oxygen atoms in total. The van der Waals surface area contributed by atoms with Gasteiger partial charge < -0.3 is 14.5 Å². The van der Waals surface area contributed by atoms with Crippen LogP contribution in [0.3, 0.4) is 0 Å². The smallest absolute Gasteiger partial charge is 0.339 e. The maximum absolute atomic E-state index is 12.4. The predicted octanol–water partition coefficient (Wildman–Crippen LogP) is 5.31. The molecule has 8 heteroatoms. The number of fused-ring (bicyclic) bond motifs is 1. The van der Waals surface area contributed by atoms with Gasteiger partial charge >= 0.3 is 11.9 Å². The number of anilines is 1. The Bertz CT molecular complexity index is 938. The second kappa shape index (κ2) is 9.97. The zero-order valence-corrected chi connectivity index (χ0v) is 17.0. The van der Waals surface area contributed by atoms with Crippen molar-refractivity contribution in [3.8, 4) is 5.75 Å². The third-order valence-corrected chi connectivity index (χ3v) is 4.65. The number of carbonyl (C=O) groups is 2. The summed E-state index contributed by atoms with van der Waals surface area (Å²) in [4.78, 5) is 28.7. The zero-order valence-electron chi connectivity index (χ0n) is 16.1. The lowest BCUT2D eigenvalue weighted by Crippen LogP contribution is -2.32. The summed E-state index contributed by atoms with van der Waals surface area (Å²) in [5, 5.41) is 3.29. The number of urea groups is 1. The van der Waals surface area contributed by atoms with Crippen LogP contribution in [0.2, 0.25) is 0 Å². The van der Waals surface area contributed by atoms with Gasteiger partial charge in [0.25, 0.3) is 0 Å². The number of benzene rings is 1. The van der Waals surface area contributed by atoms with Gasteiger partial charge in [0.1, 0.15) is 11.3 Å². The minimum Gasteiger partial charge on any atom is -0.494 e. The Morgan fingerprint density at radius 1 is 1.17 bits per heavy atom. The summed E-state index contributed by atoms with van der Waals surface area (Å²) in [5.41, 5.74) is 1.03. The first-order valence-corrected chi connectivity index (χ1v) is 9.89. The number of nitrogens with zero attached hydrogens (tertiary/aromatic N) is 2. The van der Waals surface area contributed by atoms with Gasteiger partial charge in [0, 0.05) is 23.5 Å². The Hall–Kier alpha value is -3.00. The highest BCUT2D eigenvalue weighted by Gasteiger charge is 2.23. The third kappa shape index (κ3) is 5.51. The first kappa shape index (κ1) is 20.7. The molecule has 0 spiro atoms. The van der Waals surface area contributed by atoms with E-state index in [9.17, 15) is 9.59 Å².